The average molecular weight is 370 g/mol. The number of aryl methyl sites for hydroxylation is 4. The molecule has 0 bridgehead atoms. The van der Waals surface area contributed by atoms with Crippen molar-refractivity contribution in [2.75, 3.05) is 0 Å². The molecule has 2 aromatic carbocycles. The van der Waals surface area contributed by atoms with Gasteiger partial charge in [-0.05, 0) is 56.4 Å². The second kappa shape index (κ2) is 7.72. The summed E-state index contributed by atoms with van der Waals surface area (Å²) >= 11 is 0. The molecule has 1 unspecified atom stereocenters. The molecule has 0 amide bonds. The molecule has 0 aliphatic heterocycles. The molecule has 0 radical (unpaired) electrons. The van der Waals surface area contributed by atoms with Crippen LogP contribution < -0.4 is 0 Å². The fraction of sp³-hybridized carbons (Fsp3) is 0.364. The van der Waals surface area contributed by atoms with Crippen molar-refractivity contribution < 1.29 is 14.2 Å². The van der Waals surface area contributed by atoms with Crippen LogP contribution in [-0.2, 0) is 4.57 Å². The third-order valence-electron chi connectivity index (χ3n) is 5.20. The molecule has 0 saturated heterocycles. The van der Waals surface area contributed by atoms with Gasteiger partial charge in [-0.2, -0.15) is 0 Å². The molecule has 0 spiro atoms. The van der Waals surface area contributed by atoms with E-state index in [0.29, 0.717) is 17.5 Å². The van der Waals surface area contributed by atoms with Gasteiger partial charge >= 0.3 is 0 Å². The van der Waals surface area contributed by atoms with Crippen LogP contribution >= 0.6 is 7.14 Å². The largest absolute Gasteiger partial charge is 0.306 e. The molecular weight excluding hydrogens is 343 g/mol. The average Bonchev–Trinajstić information content (AvgIpc) is 2.59. The molecule has 1 atom stereocenters. The molecule has 0 fully saturated rings. The van der Waals surface area contributed by atoms with Crippen molar-refractivity contribution in [1.29, 1.82) is 0 Å². The summed E-state index contributed by atoms with van der Waals surface area (Å²) in [6.45, 7) is 10.9. The molecule has 0 aliphatic rings. The Bertz CT molecular complexity index is 804. The van der Waals surface area contributed by atoms with Crippen LogP contribution in [0.15, 0.2) is 36.4 Å². The van der Waals surface area contributed by atoms with Gasteiger partial charge in [0.2, 0.25) is 18.2 Å². The Hall–Kier alpha value is -1.99. The Morgan fingerprint density at radius 2 is 1.12 bits per heavy atom. The van der Waals surface area contributed by atoms with Crippen molar-refractivity contribution in [3.05, 3.63) is 69.8 Å². The van der Waals surface area contributed by atoms with Crippen LogP contribution in [0.2, 0.25) is 0 Å². The van der Waals surface area contributed by atoms with E-state index in [1.54, 1.807) is 6.92 Å². The van der Waals surface area contributed by atoms with E-state index in [9.17, 15) is 14.2 Å². The number of benzene rings is 2. The van der Waals surface area contributed by atoms with Gasteiger partial charge in [-0.1, -0.05) is 50.2 Å². The predicted molar refractivity (Wildman–Crippen MR) is 108 cm³/mol. The molecule has 0 aromatic heterocycles. The third-order valence-corrected chi connectivity index (χ3v) is 8.47. The number of carbonyl (C=O) groups is 2. The zero-order chi connectivity index (χ0) is 19.6. The highest BCUT2D eigenvalue weighted by Gasteiger charge is 2.46. The Labute approximate surface area is 156 Å². The summed E-state index contributed by atoms with van der Waals surface area (Å²) in [6, 6.07) is 11.0. The van der Waals surface area contributed by atoms with E-state index >= 15 is 0 Å². The van der Waals surface area contributed by atoms with Crippen molar-refractivity contribution in [3.63, 3.8) is 0 Å². The van der Waals surface area contributed by atoms with Gasteiger partial charge in [0.25, 0.3) is 0 Å². The smallest absolute Gasteiger partial charge is 0.229 e. The monoisotopic (exact) mass is 370 g/mol. The lowest BCUT2D eigenvalue weighted by molar-refractivity contribution is 0.103. The molecule has 0 N–H and O–H groups in total. The first-order valence-corrected chi connectivity index (χ1v) is 10.8. The molecule has 3 nitrogen and oxygen atoms in total. The minimum Gasteiger partial charge on any atom is -0.306 e. The van der Waals surface area contributed by atoms with Crippen LogP contribution in [0.3, 0.4) is 0 Å². The van der Waals surface area contributed by atoms with Crippen LogP contribution in [0.1, 0.15) is 63.2 Å². The van der Waals surface area contributed by atoms with E-state index < -0.39 is 23.8 Å². The van der Waals surface area contributed by atoms with Gasteiger partial charge in [0.15, 0.2) is 0 Å². The second-order valence-corrected chi connectivity index (χ2v) is 10.1. The Morgan fingerprint density at radius 1 is 0.808 bits per heavy atom. The van der Waals surface area contributed by atoms with Crippen LogP contribution in [0.4, 0.5) is 0 Å². The summed E-state index contributed by atoms with van der Waals surface area (Å²) in [5, 5.41) is 0. The van der Waals surface area contributed by atoms with Gasteiger partial charge in [0.05, 0.1) is 0 Å². The Morgan fingerprint density at radius 3 is 1.38 bits per heavy atom. The minimum atomic E-state index is -3.82. The normalized spacial score (nSPS) is 12.7. The maximum Gasteiger partial charge on any atom is 0.229 e. The van der Waals surface area contributed by atoms with Crippen molar-refractivity contribution >= 4 is 18.2 Å². The van der Waals surface area contributed by atoms with Crippen LogP contribution in [0.5, 0.6) is 0 Å². The lowest BCUT2D eigenvalue weighted by atomic mass is 10.0. The zero-order valence-corrected chi connectivity index (χ0v) is 17.3. The highest BCUT2D eigenvalue weighted by Crippen LogP contribution is 2.58. The molecule has 0 saturated carbocycles. The third kappa shape index (κ3) is 3.33. The van der Waals surface area contributed by atoms with Crippen LogP contribution in [0, 0.1) is 27.7 Å². The molecule has 26 heavy (non-hydrogen) atoms. The molecule has 2 rings (SSSR count). The van der Waals surface area contributed by atoms with Gasteiger partial charge in [-0.3, -0.25) is 9.59 Å². The minimum absolute atomic E-state index is 0.427. The molecule has 0 aliphatic carbocycles. The molecule has 2 aromatic rings. The molecule has 138 valence electrons. The Balaban J connectivity index is 2.72. The molecule has 4 heteroatoms. The first-order valence-electron chi connectivity index (χ1n) is 8.98. The fourth-order valence-electron chi connectivity index (χ4n) is 3.39. The van der Waals surface area contributed by atoms with Crippen molar-refractivity contribution in [2.24, 2.45) is 0 Å². The summed E-state index contributed by atoms with van der Waals surface area (Å²) in [6.07, 6.45) is 0.505. The van der Waals surface area contributed by atoms with Gasteiger partial charge in [0, 0.05) is 16.8 Å². The lowest BCUT2D eigenvalue weighted by Crippen LogP contribution is -2.21. The fourth-order valence-corrected chi connectivity index (χ4v) is 6.25. The second-order valence-electron chi connectivity index (χ2n) is 7.06. The SMILES string of the molecule is CCC(C)P(=O)(C(=O)c1c(C)cccc1C)C(=O)c1c(C)cccc1C. The number of rotatable bonds is 6. The first kappa shape index (κ1) is 20.3. The Kier molecular flexibility index (Phi) is 6.03. The van der Waals surface area contributed by atoms with Gasteiger partial charge < -0.3 is 4.57 Å². The summed E-state index contributed by atoms with van der Waals surface area (Å²) < 4.78 is 14.1. The van der Waals surface area contributed by atoms with Crippen LogP contribution in [-0.4, -0.2) is 16.7 Å². The number of hydrogen-bond donors (Lipinski definition) is 0. The highest BCUT2D eigenvalue weighted by atomic mass is 31.2. The summed E-state index contributed by atoms with van der Waals surface area (Å²) in [5.74, 6) is 0. The highest BCUT2D eigenvalue weighted by molar-refractivity contribution is 7.95. The van der Waals surface area contributed by atoms with E-state index in [-0.39, 0.29) is 0 Å². The standard InChI is InChI=1S/C22H27O3P/c1-7-18(6)26(25,21(23)19-14(2)10-8-11-15(19)3)22(24)20-16(4)12-9-13-17(20)5/h8-13,18H,7H2,1-6H3. The maximum atomic E-state index is 14.1. The molecule has 0 heterocycles. The lowest BCUT2D eigenvalue weighted by Gasteiger charge is -2.24. The number of hydrogen-bond acceptors (Lipinski definition) is 3. The van der Waals surface area contributed by atoms with E-state index in [1.165, 1.54) is 0 Å². The summed E-state index contributed by atoms with van der Waals surface area (Å²) in [5.41, 5.74) is 2.37. The van der Waals surface area contributed by atoms with Gasteiger partial charge in [-0.15, -0.1) is 0 Å². The van der Waals surface area contributed by atoms with Crippen molar-refractivity contribution in [3.8, 4) is 0 Å². The number of carbonyl (C=O) groups excluding carboxylic acids is 2. The van der Waals surface area contributed by atoms with Crippen molar-refractivity contribution in [2.45, 2.75) is 53.6 Å². The van der Waals surface area contributed by atoms with Gasteiger partial charge in [-0.25, -0.2) is 0 Å². The van der Waals surface area contributed by atoms with E-state index in [4.69, 9.17) is 0 Å². The quantitative estimate of drug-likeness (QED) is 0.581. The van der Waals surface area contributed by atoms with E-state index in [0.717, 1.165) is 22.3 Å². The predicted octanol–water partition coefficient (Wildman–Crippen LogP) is 6.06. The van der Waals surface area contributed by atoms with E-state index in [1.807, 2.05) is 71.0 Å². The van der Waals surface area contributed by atoms with Crippen LogP contribution in [0.25, 0.3) is 0 Å². The molecular formula is C22H27O3P. The van der Waals surface area contributed by atoms with Crippen molar-refractivity contribution in [1.82, 2.24) is 0 Å². The topological polar surface area (TPSA) is 51.2 Å². The maximum absolute atomic E-state index is 14.1. The zero-order valence-electron chi connectivity index (χ0n) is 16.4. The van der Waals surface area contributed by atoms with Gasteiger partial charge in [0.1, 0.15) is 0 Å². The van der Waals surface area contributed by atoms with E-state index in [2.05, 4.69) is 0 Å². The first-order chi connectivity index (χ1) is 12.2. The summed E-state index contributed by atoms with van der Waals surface area (Å²) in [4.78, 5) is 26.9. The summed E-state index contributed by atoms with van der Waals surface area (Å²) in [7, 11) is -3.82.